The Labute approximate surface area is 152 Å². The molecule has 140 valence electrons. The molecule has 9 heteroatoms. The van der Waals surface area contributed by atoms with E-state index < -0.39 is 11.8 Å². The first-order valence-electron chi connectivity index (χ1n) is 8.33. The van der Waals surface area contributed by atoms with Gasteiger partial charge in [0, 0.05) is 17.5 Å². The monoisotopic (exact) mass is 373 g/mol. The van der Waals surface area contributed by atoms with Crippen LogP contribution in [0.25, 0.3) is 11.3 Å². The molecule has 2 aromatic heterocycles. The molecule has 2 N–H and O–H groups in total. The van der Waals surface area contributed by atoms with E-state index in [4.69, 9.17) is 13.8 Å². The number of methoxy groups -OCH3 is 1. The molecular formula is C18H16FN3O5. The Bertz CT molecular complexity index is 993. The number of rotatable bonds is 7. The lowest BCUT2D eigenvalue weighted by molar-refractivity contribution is 0.0698. The summed E-state index contributed by atoms with van der Waals surface area (Å²) in [6.07, 6.45) is 2.19. The molecule has 0 spiro atoms. The second-order valence-corrected chi connectivity index (χ2v) is 6.24. The van der Waals surface area contributed by atoms with Gasteiger partial charge in [0.1, 0.15) is 11.5 Å². The van der Waals surface area contributed by atoms with E-state index >= 15 is 0 Å². The van der Waals surface area contributed by atoms with Crippen molar-refractivity contribution >= 4 is 11.8 Å². The zero-order valence-corrected chi connectivity index (χ0v) is 14.4. The molecule has 2 heterocycles. The molecule has 1 fully saturated rings. The third-order valence-corrected chi connectivity index (χ3v) is 4.31. The number of hydrogen-bond acceptors (Lipinski definition) is 7. The van der Waals surface area contributed by atoms with Crippen LogP contribution in [0.1, 0.15) is 40.6 Å². The fourth-order valence-corrected chi connectivity index (χ4v) is 2.75. The highest BCUT2D eigenvalue weighted by Crippen LogP contribution is 2.40. The summed E-state index contributed by atoms with van der Waals surface area (Å²) in [6, 6.07) is 5.76. The van der Waals surface area contributed by atoms with Crippen LogP contribution in [0, 0.1) is 5.82 Å². The number of carboxylic acids is 1. The zero-order chi connectivity index (χ0) is 19.0. The molecule has 0 radical (unpaired) electrons. The van der Waals surface area contributed by atoms with Crippen molar-refractivity contribution in [3.63, 3.8) is 0 Å². The molecule has 8 nitrogen and oxygen atoms in total. The maximum atomic E-state index is 13.6. The van der Waals surface area contributed by atoms with E-state index in [1.807, 2.05) is 6.07 Å². The first-order valence-corrected chi connectivity index (χ1v) is 8.33. The summed E-state index contributed by atoms with van der Waals surface area (Å²) < 4.78 is 29.0. The van der Waals surface area contributed by atoms with Crippen LogP contribution in [0.2, 0.25) is 0 Å². The fourth-order valence-electron chi connectivity index (χ4n) is 2.75. The topological polar surface area (TPSA) is 111 Å². The van der Waals surface area contributed by atoms with Crippen LogP contribution in [0.3, 0.4) is 0 Å². The van der Waals surface area contributed by atoms with E-state index in [9.17, 15) is 14.3 Å². The smallest absolute Gasteiger partial charge is 0.343 e. The summed E-state index contributed by atoms with van der Waals surface area (Å²) in [5.41, 5.74) is 0.819. The van der Waals surface area contributed by atoms with Crippen LogP contribution >= 0.6 is 0 Å². The number of aromatic nitrogens is 2. The number of anilines is 1. The van der Waals surface area contributed by atoms with Gasteiger partial charge in [-0.15, -0.1) is 0 Å². The van der Waals surface area contributed by atoms with Crippen molar-refractivity contribution in [2.24, 2.45) is 0 Å². The van der Waals surface area contributed by atoms with E-state index in [2.05, 4.69) is 15.6 Å². The molecule has 1 aliphatic rings. The SMILES string of the molecule is COc1cc(-c2onc(NCc3cc(C4CC4)on3)c2C(=O)O)ccc1F. The minimum atomic E-state index is -1.23. The zero-order valence-electron chi connectivity index (χ0n) is 14.4. The minimum absolute atomic E-state index is 0.00197. The van der Waals surface area contributed by atoms with E-state index in [1.54, 1.807) is 0 Å². The van der Waals surface area contributed by atoms with Gasteiger partial charge in [-0.25, -0.2) is 9.18 Å². The molecule has 0 saturated heterocycles. The van der Waals surface area contributed by atoms with Gasteiger partial charge in [-0.2, -0.15) is 0 Å². The van der Waals surface area contributed by atoms with Crippen molar-refractivity contribution < 1.29 is 28.1 Å². The predicted molar refractivity (Wildman–Crippen MR) is 91.2 cm³/mol. The first-order chi connectivity index (χ1) is 13.1. The predicted octanol–water partition coefficient (Wildman–Crippen LogP) is 3.67. The van der Waals surface area contributed by atoms with Gasteiger partial charge in [0.05, 0.1) is 13.7 Å². The molecule has 0 unspecified atom stereocenters. The number of nitrogens with one attached hydrogen (secondary N) is 1. The van der Waals surface area contributed by atoms with E-state index in [1.165, 1.54) is 25.3 Å². The van der Waals surface area contributed by atoms with E-state index in [0.29, 0.717) is 17.2 Å². The summed E-state index contributed by atoms with van der Waals surface area (Å²) in [5.74, 6) is -0.481. The van der Waals surface area contributed by atoms with Gasteiger partial charge in [-0.05, 0) is 31.0 Å². The van der Waals surface area contributed by atoms with Gasteiger partial charge < -0.3 is 24.2 Å². The maximum absolute atomic E-state index is 13.6. The Morgan fingerprint density at radius 1 is 1.33 bits per heavy atom. The van der Waals surface area contributed by atoms with Crippen LogP contribution in [0.15, 0.2) is 33.3 Å². The molecular weight excluding hydrogens is 357 g/mol. The van der Waals surface area contributed by atoms with Crippen LogP contribution in [0.4, 0.5) is 10.2 Å². The highest BCUT2D eigenvalue weighted by atomic mass is 19.1. The number of nitrogens with zero attached hydrogens (tertiary/aromatic N) is 2. The average Bonchev–Trinajstić information content (AvgIpc) is 3.24. The van der Waals surface area contributed by atoms with Gasteiger partial charge in [0.2, 0.25) is 0 Å². The number of aromatic carboxylic acids is 1. The molecule has 4 rings (SSSR count). The van der Waals surface area contributed by atoms with Gasteiger partial charge in [0.25, 0.3) is 0 Å². The molecule has 1 aliphatic carbocycles. The third-order valence-electron chi connectivity index (χ3n) is 4.31. The molecule has 0 atom stereocenters. The Morgan fingerprint density at radius 3 is 2.85 bits per heavy atom. The van der Waals surface area contributed by atoms with Gasteiger partial charge in [-0.3, -0.25) is 0 Å². The summed E-state index contributed by atoms with van der Waals surface area (Å²) >= 11 is 0. The third kappa shape index (κ3) is 3.35. The number of halogens is 1. The van der Waals surface area contributed by atoms with E-state index in [-0.39, 0.29) is 29.4 Å². The molecule has 27 heavy (non-hydrogen) atoms. The molecule has 0 aliphatic heterocycles. The lowest BCUT2D eigenvalue weighted by Gasteiger charge is -2.04. The Morgan fingerprint density at radius 2 is 2.15 bits per heavy atom. The average molecular weight is 373 g/mol. The lowest BCUT2D eigenvalue weighted by atomic mass is 10.1. The largest absolute Gasteiger partial charge is 0.494 e. The van der Waals surface area contributed by atoms with Crippen LogP contribution < -0.4 is 10.1 Å². The molecule has 3 aromatic rings. The number of hydrogen-bond donors (Lipinski definition) is 2. The first kappa shape index (κ1) is 17.1. The van der Waals surface area contributed by atoms with E-state index in [0.717, 1.165) is 18.6 Å². The second kappa shape index (κ2) is 6.75. The van der Waals surface area contributed by atoms with Crippen LogP contribution in [0.5, 0.6) is 5.75 Å². The van der Waals surface area contributed by atoms with Crippen molar-refractivity contribution in [1.82, 2.24) is 10.3 Å². The minimum Gasteiger partial charge on any atom is -0.494 e. The highest BCUT2D eigenvalue weighted by Gasteiger charge is 2.28. The van der Waals surface area contributed by atoms with Gasteiger partial charge >= 0.3 is 5.97 Å². The van der Waals surface area contributed by atoms with Crippen LogP contribution in [-0.2, 0) is 6.54 Å². The number of carboxylic acid groups (broad SMARTS) is 1. The number of carbonyl (C=O) groups is 1. The molecule has 0 amide bonds. The highest BCUT2D eigenvalue weighted by molar-refractivity contribution is 5.99. The Balaban J connectivity index is 1.59. The van der Waals surface area contributed by atoms with Gasteiger partial charge in [0.15, 0.2) is 28.7 Å². The summed E-state index contributed by atoms with van der Waals surface area (Å²) in [4.78, 5) is 11.7. The summed E-state index contributed by atoms with van der Waals surface area (Å²) in [6.45, 7) is 0.231. The van der Waals surface area contributed by atoms with Crippen molar-refractivity contribution in [1.29, 1.82) is 0 Å². The summed E-state index contributed by atoms with van der Waals surface area (Å²) in [7, 11) is 1.32. The van der Waals surface area contributed by atoms with Crippen molar-refractivity contribution in [3.05, 3.63) is 47.1 Å². The Kier molecular flexibility index (Phi) is 4.27. The number of benzene rings is 1. The lowest BCUT2D eigenvalue weighted by Crippen LogP contribution is -2.06. The standard InChI is InChI=1S/C18H16FN3O5/c1-25-14-6-10(4-5-12(14)19)16-15(18(23)24)17(22-27-16)20-8-11-7-13(26-21-11)9-2-3-9/h4-7,9H,2-3,8H2,1H3,(H,20,22)(H,23,24). The quantitative estimate of drug-likeness (QED) is 0.645. The fraction of sp³-hybridized carbons (Fsp3) is 0.278. The van der Waals surface area contributed by atoms with Crippen molar-refractivity contribution in [2.45, 2.75) is 25.3 Å². The molecule has 0 bridgehead atoms. The molecule has 1 saturated carbocycles. The Hall–Kier alpha value is -3.36. The maximum Gasteiger partial charge on any atom is 0.343 e. The normalized spacial score (nSPS) is 13.6. The van der Waals surface area contributed by atoms with Gasteiger partial charge in [-0.1, -0.05) is 10.3 Å². The van der Waals surface area contributed by atoms with Crippen molar-refractivity contribution in [2.75, 3.05) is 12.4 Å². The molecule has 1 aromatic carbocycles. The number of ether oxygens (including phenoxy) is 1. The second-order valence-electron chi connectivity index (χ2n) is 6.24. The van der Waals surface area contributed by atoms with Crippen LogP contribution in [-0.4, -0.2) is 28.5 Å². The summed E-state index contributed by atoms with van der Waals surface area (Å²) in [5, 5.41) is 20.2. The van der Waals surface area contributed by atoms with Crippen molar-refractivity contribution in [3.8, 4) is 17.1 Å².